The summed E-state index contributed by atoms with van der Waals surface area (Å²) in [5, 5.41) is 2.27. The number of rotatable bonds is 4. The fourth-order valence-corrected chi connectivity index (χ4v) is 4.64. The molecule has 0 aliphatic rings. The summed E-state index contributed by atoms with van der Waals surface area (Å²) in [7, 11) is 3.74. The molecule has 5 rings (SSSR count). The lowest BCUT2D eigenvalue weighted by Gasteiger charge is -2.13. The molecule has 0 amide bonds. The molecule has 2 heterocycles. The molecule has 0 fully saturated rings. The minimum Gasteiger partial charge on any atom is -0.382 e. The van der Waals surface area contributed by atoms with Gasteiger partial charge < -0.3 is 14.9 Å². The molecule has 5 aromatic rings. The zero-order valence-electron chi connectivity index (χ0n) is 18.7. The monoisotopic (exact) mass is 488 g/mol. The molecular weight excluding hydrogens is 467 g/mol. The summed E-state index contributed by atoms with van der Waals surface area (Å²) in [5.74, 6) is 1.27. The summed E-state index contributed by atoms with van der Waals surface area (Å²) in [6.45, 7) is 0. The first-order valence-corrected chi connectivity index (χ1v) is 11.5. The maximum absolute atomic E-state index is 12.6. The Hall–Kier alpha value is -3.54. The number of fused-ring (bicyclic) bond motifs is 1. The lowest BCUT2D eigenvalue weighted by molar-refractivity contribution is 0.855. The fourth-order valence-electron chi connectivity index (χ4n) is 4.33. The number of aryl methyl sites for hydroxylation is 1. The number of hydrogen-bond donors (Lipinski definition) is 1. The van der Waals surface area contributed by atoms with Gasteiger partial charge in [-0.05, 0) is 65.2 Å². The lowest BCUT2D eigenvalue weighted by Crippen LogP contribution is -2.16. The van der Waals surface area contributed by atoms with Gasteiger partial charge in [0.15, 0.2) is 0 Å². The van der Waals surface area contributed by atoms with Gasteiger partial charge in [0.2, 0.25) is 0 Å². The van der Waals surface area contributed by atoms with E-state index in [1.165, 1.54) is 0 Å². The highest BCUT2D eigenvalue weighted by atomic mass is 35.5. The Morgan fingerprint density at radius 1 is 0.853 bits per heavy atom. The first kappa shape index (κ1) is 22.3. The zero-order chi connectivity index (χ0) is 24.0. The molecule has 0 atom stereocenters. The van der Waals surface area contributed by atoms with Gasteiger partial charge in [-0.2, -0.15) is 0 Å². The first-order valence-electron chi connectivity index (χ1n) is 10.8. The number of anilines is 1. The Bertz CT molecular complexity index is 1600. The van der Waals surface area contributed by atoms with Crippen molar-refractivity contribution in [2.24, 2.45) is 14.1 Å². The first-order chi connectivity index (χ1) is 16.3. The number of halogens is 2. The van der Waals surface area contributed by atoms with Crippen molar-refractivity contribution in [2.45, 2.75) is 6.42 Å². The molecule has 0 spiro atoms. The highest BCUT2D eigenvalue weighted by Gasteiger charge is 2.16. The van der Waals surface area contributed by atoms with E-state index in [2.05, 4.69) is 11.1 Å². The van der Waals surface area contributed by atoms with Crippen molar-refractivity contribution >= 4 is 39.9 Å². The molecule has 0 saturated heterocycles. The quantitative estimate of drug-likeness (QED) is 0.333. The molecule has 2 aromatic heterocycles. The third kappa shape index (κ3) is 3.98. The van der Waals surface area contributed by atoms with Crippen molar-refractivity contribution in [1.29, 1.82) is 0 Å². The maximum Gasteiger partial charge on any atom is 0.251 e. The van der Waals surface area contributed by atoms with Crippen LogP contribution >= 0.6 is 23.2 Å². The van der Waals surface area contributed by atoms with Gasteiger partial charge in [0.1, 0.15) is 11.6 Å². The zero-order valence-corrected chi connectivity index (χ0v) is 20.2. The molecule has 7 heteroatoms. The van der Waals surface area contributed by atoms with Gasteiger partial charge in [0.25, 0.3) is 5.56 Å². The number of pyridine rings is 1. The molecule has 5 nitrogen and oxygen atoms in total. The summed E-state index contributed by atoms with van der Waals surface area (Å²) in [6, 6.07) is 22.9. The van der Waals surface area contributed by atoms with Gasteiger partial charge in [-0.3, -0.25) is 4.79 Å². The van der Waals surface area contributed by atoms with Gasteiger partial charge in [0, 0.05) is 47.6 Å². The van der Waals surface area contributed by atoms with Gasteiger partial charge >= 0.3 is 0 Å². The normalized spacial score (nSPS) is 11.3. The molecule has 0 aliphatic carbocycles. The van der Waals surface area contributed by atoms with Gasteiger partial charge in [0.05, 0.1) is 11.2 Å². The van der Waals surface area contributed by atoms with Crippen LogP contribution < -0.4 is 11.3 Å². The van der Waals surface area contributed by atoms with Crippen LogP contribution in [0.15, 0.2) is 77.6 Å². The smallest absolute Gasteiger partial charge is 0.251 e. The Morgan fingerprint density at radius 3 is 2.35 bits per heavy atom. The number of benzene rings is 3. The third-order valence-electron chi connectivity index (χ3n) is 6.17. The summed E-state index contributed by atoms with van der Waals surface area (Å²) in [4.78, 5) is 17.2. The van der Waals surface area contributed by atoms with E-state index in [0.29, 0.717) is 22.3 Å². The van der Waals surface area contributed by atoms with Crippen LogP contribution in [0, 0.1) is 0 Å². The Balaban J connectivity index is 1.61. The van der Waals surface area contributed by atoms with Crippen LogP contribution in [0.2, 0.25) is 10.0 Å². The molecular formula is C27H22Cl2N4O. The van der Waals surface area contributed by atoms with E-state index in [1.807, 2.05) is 72.3 Å². The SMILES string of the molecule is Cn1c(-c2ccc(Cl)cc2)nc(N)c1Cc1ccc2c(c1)c(-c1cccc(Cl)c1)cc(=O)n2C. The van der Waals surface area contributed by atoms with Crippen LogP contribution in [-0.2, 0) is 20.5 Å². The van der Waals surface area contributed by atoms with E-state index < -0.39 is 0 Å². The van der Waals surface area contributed by atoms with E-state index in [-0.39, 0.29) is 5.56 Å². The molecule has 0 unspecified atom stereocenters. The average Bonchev–Trinajstić information content (AvgIpc) is 3.10. The van der Waals surface area contributed by atoms with E-state index in [1.54, 1.807) is 17.7 Å². The Morgan fingerprint density at radius 2 is 1.62 bits per heavy atom. The number of aromatic nitrogens is 3. The second kappa shape index (κ2) is 8.67. The molecule has 34 heavy (non-hydrogen) atoms. The van der Waals surface area contributed by atoms with Crippen molar-refractivity contribution in [3.05, 3.63) is 104 Å². The van der Waals surface area contributed by atoms with Crippen LogP contribution in [0.25, 0.3) is 33.4 Å². The fraction of sp³-hybridized carbons (Fsp3) is 0.111. The Labute approximate surface area is 207 Å². The average molecular weight is 489 g/mol. The number of hydrogen-bond acceptors (Lipinski definition) is 3. The topological polar surface area (TPSA) is 65.8 Å². The summed E-state index contributed by atoms with van der Waals surface area (Å²) in [6.07, 6.45) is 0.594. The second-order valence-electron chi connectivity index (χ2n) is 8.33. The van der Waals surface area contributed by atoms with Crippen LogP contribution in [0.1, 0.15) is 11.3 Å². The van der Waals surface area contributed by atoms with Gasteiger partial charge in [-0.25, -0.2) is 4.98 Å². The number of nitrogen functional groups attached to an aromatic ring is 1. The van der Waals surface area contributed by atoms with E-state index >= 15 is 0 Å². The van der Waals surface area contributed by atoms with Crippen LogP contribution in [-0.4, -0.2) is 14.1 Å². The predicted octanol–water partition coefficient (Wildman–Crippen LogP) is 6.09. The predicted molar refractivity (Wildman–Crippen MR) is 141 cm³/mol. The van der Waals surface area contributed by atoms with E-state index in [4.69, 9.17) is 28.9 Å². The number of nitrogens with two attached hydrogens (primary N) is 1. The minimum atomic E-state index is -0.0706. The molecule has 0 radical (unpaired) electrons. The Kier molecular flexibility index (Phi) is 5.68. The van der Waals surface area contributed by atoms with Crippen molar-refractivity contribution in [3.63, 3.8) is 0 Å². The van der Waals surface area contributed by atoms with E-state index in [9.17, 15) is 4.79 Å². The van der Waals surface area contributed by atoms with Gasteiger partial charge in [-0.1, -0.05) is 41.4 Å². The van der Waals surface area contributed by atoms with Crippen molar-refractivity contribution in [2.75, 3.05) is 5.73 Å². The maximum atomic E-state index is 12.6. The van der Waals surface area contributed by atoms with E-state index in [0.717, 1.165) is 44.7 Å². The highest BCUT2D eigenvalue weighted by molar-refractivity contribution is 6.31. The summed E-state index contributed by atoms with van der Waals surface area (Å²) in [5.41, 5.74) is 11.8. The van der Waals surface area contributed by atoms with Crippen molar-refractivity contribution < 1.29 is 0 Å². The van der Waals surface area contributed by atoms with Crippen molar-refractivity contribution in [3.8, 4) is 22.5 Å². The molecule has 170 valence electrons. The van der Waals surface area contributed by atoms with Crippen LogP contribution in [0.5, 0.6) is 0 Å². The second-order valence-corrected chi connectivity index (χ2v) is 9.20. The lowest BCUT2D eigenvalue weighted by atomic mass is 9.98. The van der Waals surface area contributed by atoms with Gasteiger partial charge in [-0.15, -0.1) is 0 Å². The molecule has 2 N–H and O–H groups in total. The minimum absolute atomic E-state index is 0.0706. The standard InChI is InChI=1S/C27H22Cl2N4O/c1-32-23-11-6-16(12-22(23)21(15-25(32)34)18-4-3-5-20(29)14-18)13-24-26(30)31-27(33(24)2)17-7-9-19(28)10-8-17/h3-12,14-15H,13,30H2,1-2H3. The molecule has 0 saturated carbocycles. The van der Waals surface area contributed by atoms with Crippen molar-refractivity contribution in [1.82, 2.24) is 14.1 Å². The summed E-state index contributed by atoms with van der Waals surface area (Å²) >= 11 is 12.3. The number of nitrogens with zero attached hydrogens (tertiary/aromatic N) is 3. The number of imidazole rings is 1. The third-order valence-corrected chi connectivity index (χ3v) is 6.65. The molecule has 0 bridgehead atoms. The van der Waals surface area contributed by atoms with Crippen LogP contribution in [0.4, 0.5) is 5.82 Å². The molecule has 3 aromatic carbocycles. The largest absolute Gasteiger partial charge is 0.382 e. The van der Waals surface area contributed by atoms with Crippen LogP contribution in [0.3, 0.4) is 0 Å². The summed E-state index contributed by atoms with van der Waals surface area (Å²) < 4.78 is 3.67. The highest BCUT2D eigenvalue weighted by Crippen LogP contribution is 2.31. The molecule has 0 aliphatic heterocycles.